The number of amides is 1. The maximum absolute atomic E-state index is 12.6. The number of rotatable bonds is 8. The first-order valence-electron chi connectivity index (χ1n) is 9.38. The SMILES string of the molecule is Cc1ccc(NS(=O)(=O)c2ccc(OCC(=O)Nc3ccc(S(N)(=O)=O)cc3)cc2)cc1Cl. The molecule has 0 heterocycles. The molecular weight excluding hydrogens is 490 g/mol. The van der Waals surface area contributed by atoms with E-state index in [2.05, 4.69) is 10.0 Å². The number of hydrogen-bond donors (Lipinski definition) is 3. The molecule has 0 saturated heterocycles. The molecule has 3 aromatic carbocycles. The minimum Gasteiger partial charge on any atom is -0.484 e. The van der Waals surface area contributed by atoms with Crippen molar-refractivity contribution in [2.45, 2.75) is 16.7 Å². The quantitative estimate of drug-likeness (QED) is 0.425. The smallest absolute Gasteiger partial charge is 0.262 e. The monoisotopic (exact) mass is 509 g/mol. The Hall–Kier alpha value is -3.12. The van der Waals surface area contributed by atoms with Gasteiger partial charge < -0.3 is 10.1 Å². The van der Waals surface area contributed by atoms with Crippen LogP contribution in [0.3, 0.4) is 0 Å². The van der Waals surface area contributed by atoms with E-state index in [1.165, 1.54) is 54.6 Å². The highest BCUT2D eigenvalue weighted by Gasteiger charge is 2.15. The Labute approximate surface area is 196 Å². The van der Waals surface area contributed by atoms with Crippen molar-refractivity contribution in [3.05, 3.63) is 77.3 Å². The number of carbonyl (C=O) groups excluding carboxylic acids is 1. The van der Waals surface area contributed by atoms with Crippen molar-refractivity contribution < 1.29 is 26.4 Å². The molecule has 3 rings (SSSR count). The zero-order chi connectivity index (χ0) is 24.2. The summed E-state index contributed by atoms with van der Waals surface area (Å²) in [5.41, 5.74) is 1.52. The number of halogens is 1. The number of primary sulfonamides is 1. The van der Waals surface area contributed by atoms with Crippen LogP contribution >= 0.6 is 11.6 Å². The van der Waals surface area contributed by atoms with E-state index in [0.717, 1.165) is 5.56 Å². The van der Waals surface area contributed by atoms with Crippen LogP contribution in [0.2, 0.25) is 5.02 Å². The second-order valence-corrected chi connectivity index (χ2v) is 10.6. The Balaban J connectivity index is 1.57. The molecule has 0 atom stereocenters. The molecule has 0 saturated carbocycles. The molecule has 4 N–H and O–H groups in total. The Morgan fingerprint density at radius 2 is 1.48 bits per heavy atom. The van der Waals surface area contributed by atoms with Gasteiger partial charge in [-0.05, 0) is 73.2 Å². The topological polar surface area (TPSA) is 145 Å². The van der Waals surface area contributed by atoms with Crippen molar-refractivity contribution in [1.29, 1.82) is 0 Å². The first kappa shape index (κ1) is 24.5. The molecular formula is C21H20ClN3O6S2. The summed E-state index contributed by atoms with van der Waals surface area (Å²) in [6, 6.07) is 15.7. The molecule has 0 bridgehead atoms. The molecule has 3 aromatic rings. The van der Waals surface area contributed by atoms with E-state index in [1.807, 2.05) is 6.92 Å². The van der Waals surface area contributed by atoms with E-state index in [4.69, 9.17) is 21.5 Å². The van der Waals surface area contributed by atoms with Crippen LogP contribution in [0.25, 0.3) is 0 Å². The minimum atomic E-state index is -3.84. The largest absolute Gasteiger partial charge is 0.484 e. The average Bonchev–Trinajstić information content (AvgIpc) is 2.75. The van der Waals surface area contributed by atoms with E-state index in [-0.39, 0.29) is 22.1 Å². The van der Waals surface area contributed by atoms with Crippen LogP contribution in [-0.4, -0.2) is 29.3 Å². The van der Waals surface area contributed by atoms with E-state index in [0.29, 0.717) is 16.4 Å². The summed E-state index contributed by atoms with van der Waals surface area (Å²) in [6.45, 7) is 1.47. The van der Waals surface area contributed by atoms with Crippen molar-refractivity contribution in [2.24, 2.45) is 5.14 Å². The van der Waals surface area contributed by atoms with Crippen molar-refractivity contribution in [1.82, 2.24) is 0 Å². The summed E-state index contributed by atoms with van der Waals surface area (Å²) in [5, 5.41) is 8.01. The molecule has 0 fully saturated rings. The number of aryl methyl sites for hydroxylation is 1. The van der Waals surface area contributed by atoms with E-state index in [1.54, 1.807) is 12.1 Å². The standard InChI is InChI=1S/C21H20ClN3O6S2/c1-14-2-3-16(12-20(14)22)25-33(29,30)19-10-6-17(7-11-19)31-13-21(26)24-15-4-8-18(9-5-15)32(23,27)28/h2-12,25H,13H2,1H3,(H,24,26)(H2,23,27,28). The lowest BCUT2D eigenvalue weighted by atomic mass is 10.2. The molecule has 0 spiro atoms. The number of carbonyl (C=O) groups is 1. The first-order chi connectivity index (χ1) is 15.4. The molecule has 0 aliphatic heterocycles. The second-order valence-electron chi connectivity index (χ2n) is 6.95. The van der Waals surface area contributed by atoms with Crippen molar-refractivity contribution >= 4 is 48.9 Å². The van der Waals surface area contributed by atoms with E-state index < -0.39 is 26.0 Å². The molecule has 174 valence electrons. The lowest BCUT2D eigenvalue weighted by Crippen LogP contribution is -2.20. The molecule has 33 heavy (non-hydrogen) atoms. The van der Waals surface area contributed by atoms with Crippen LogP contribution in [0.15, 0.2) is 76.5 Å². The summed E-state index contributed by atoms with van der Waals surface area (Å²) >= 11 is 6.03. The van der Waals surface area contributed by atoms with Crippen molar-refractivity contribution in [3.63, 3.8) is 0 Å². The minimum absolute atomic E-state index is 0.00550. The van der Waals surface area contributed by atoms with Gasteiger partial charge >= 0.3 is 0 Å². The third kappa shape index (κ3) is 6.68. The molecule has 0 aliphatic rings. The summed E-state index contributed by atoms with van der Waals surface area (Å²) in [5.74, 6) is -0.208. The van der Waals surface area contributed by atoms with Gasteiger partial charge in [0.1, 0.15) is 5.75 Å². The summed E-state index contributed by atoms with van der Waals surface area (Å²) in [4.78, 5) is 12.0. The maximum Gasteiger partial charge on any atom is 0.262 e. The molecule has 1 amide bonds. The van der Waals surface area contributed by atoms with Gasteiger partial charge in [-0.1, -0.05) is 17.7 Å². The third-order valence-electron chi connectivity index (χ3n) is 4.39. The van der Waals surface area contributed by atoms with Gasteiger partial charge in [0.25, 0.3) is 15.9 Å². The Morgan fingerprint density at radius 3 is 2.06 bits per heavy atom. The highest BCUT2D eigenvalue weighted by molar-refractivity contribution is 7.92. The van der Waals surface area contributed by atoms with Gasteiger partial charge in [0, 0.05) is 10.7 Å². The number of ether oxygens (including phenoxy) is 1. The van der Waals surface area contributed by atoms with Gasteiger partial charge in [0.2, 0.25) is 10.0 Å². The van der Waals surface area contributed by atoms with Gasteiger partial charge in [-0.25, -0.2) is 22.0 Å². The Kier molecular flexibility index (Phi) is 7.28. The summed E-state index contributed by atoms with van der Waals surface area (Å²) in [6.07, 6.45) is 0. The number of benzene rings is 3. The van der Waals surface area contributed by atoms with Crippen LogP contribution in [0.4, 0.5) is 11.4 Å². The molecule has 0 radical (unpaired) electrons. The molecule has 0 aliphatic carbocycles. The molecule has 0 aromatic heterocycles. The highest BCUT2D eigenvalue weighted by Crippen LogP contribution is 2.23. The third-order valence-corrected chi connectivity index (χ3v) is 7.13. The van der Waals surface area contributed by atoms with Crippen molar-refractivity contribution in [2.75, 3.05) is 16.6 Å². The second kappa shape index (κ2) is 9.79. The molecule has 0 unspecified atom stereocenters. The predicted octanol–water partition coefficient (Wildman–Crippen LogP) is 3.11. The van der Waals surface area contributed by atoms with Crippen LogP contribution in [0, 0.1) is 6.92 Å². The normalized spacial score (nSPS) is 11.6. The first-order valence-corrected chi connectivity index (χ1v) is 12.8. The zero-order valence-corrected chi connectivity index (χ0v) is 19.7. The fourth-order valence-electron chi connectivity index (χ4n) is 2.66. The van der Waals surface area contributed by atoms with Crippen LogP contribution in [0.1, 0.15) is 5.56 Å². The fourth-order valence-corrected chi connectivity index (χ4v) is 4.40. The van der Waals surface area contributed by atoms with E-state index in [9.17, 15) is 21.6 Å². The number of nitrogens with two attached hydrogens (primary N) is 1. The van der Waals surface area contributed by atoms with Gasteiger partial charge in [-0.15, -0.1) is 0 Å². The Morgan fingerprint density at radius 1 is 0.909 bits per heavy atom. The van der Waals surface area contributed by atoms with Gasteiger partial charge in [-0.3, -0.25) is 9.52 Å². The van der Waals surface area contributed by atoms with Gasteiger partial charge in [0.05, 0.1) is 15.5 Å². The van der Waals surface area contributed by atoms with Crippen LogP contribution in [0.5, 0.6) is 5.75 Å². The fraction of sp³-hybridized carbons (Fsp3) is 0.0952. The number of anilines is 2. The number of nitrogens with one attached hydrogen (secondary N) is 2. The Bertz CT molecular complexity index is 1370. The highest BCUT2D eigenvalue weighted by atomic mass is 35.5. The predicted molar refractivity (Wildman–Crippen MR) is 125 cm³/mol. The zero-order valence-electron chi connectivity index (χ0n) is 17.3. The molecule has 9 nitrogen and oxygen atoms in total. The molecule has 12 heteroatoms. The van der Waals surface area contributed by atoms with Crippen molar-refractivity contribution in [3.8, 4) is 5.75 Å². The van der Waals surface area contributed by atoms with Crippen LogP contribution < -0.4 is 19.9 Å². The summed E-state index contributed by atoms with van der Waals surface area (Å²) in [7, 11) is -7.66. The lowest BCUT2D eigenvalue weighted by Gasteiger charge is -2.11. The van der Waals surface area contributed by atoms with Gasteiger partial charge in [0.15, 0.2) is 6.61 Å². The number of hydrogen-bond acceptors (Lipinski definition) is 6. The van der Waals surface area contributed by atoms with Gasteiger partial charge in [-0.2, -0.15) is 0 Å². The lowest BCUT2D eigenvalue weighted by molar-refractivity contribution is -0.118. The average molecular weight is 510 g/mol. The van der Waals surface area contributed by atoms with E-state index >= 15 is 0 Å². The number of sulfonamides is 2. The summed E-state index contributed by atoms with van der Waals surface area (Å²) < 4.78 is 55.4. The maximum atomic E-state index is 12.6. The van der Waals surface area contributed by atoms with Crippen LogP contribution in [-0.2, 0) is 24.8 Å².